The summed E-state index contributed by atoms with van der Waals surface area (Å²) in [4.78, 5) is 11.7. The van der Waals surface area contributed by atoms with Crippen molar-refractivity contribution in [2.75, 3.05) is 7.05 Å². The molecule has 21 heavy (non-hydrogen) atoms. The number of nitrogens with zero attached hydrogens (tertiary/aromatic N) is 2. The maximum atomic E-state index is 12.7. The van der Waals surface area contributed by atoms with Crippen molar-refractivity contribution in [3.05, 3.63) is 33.8 Å². The highest BCUT2D eigenvalue weighted by Crippen LogP contribution is 2.30. The van der Waals surface area contributed by atoms with Crippen LogP contribution in [0.1, 0.15) is 34.0 Å². The Morgan fingerprint density at radius 1 is 1.52 bits per heavy atom. The van der Waals surface area contributed by atoms with E-state index in [0.717, 1.165) is 9.18 Å². The quantitative estimate of drug-likeness (QED) is 0.871. The largest absolute Gasteiger partial charge is 0.476 e. The van der Waals surface area contributed by atoms with Crippen LogP contribution >= 0.6 is 11.3 Å². The van der Waals surface area contributed by atoms with Gasteiger partial charge in [-0.25, -0.2) is 13.2 Å². The standard InChI is InChI=1S/C12H15N3O4S2/c1-7-11(10(12(16)17)14-13-7)21(18,19)15(3)8(2)9-5-4-6-20-9/h4-6,8H,1-3H3,(H,13,14)(H,16,17). The Balaban J connectivity index is 2.47. The highest BCUT2D eigenvalue weighted by Gasteiger charge is 2.34. The van der Waals surface area contributed by atoms with Crippen molar-refractivity contribution in [3.63, 3.8) is 0 Å². The first-order valence-electron chi connectivity index (χ1n) is 6.06. The van der Waals surface area contributed by atoms with Gasteiger partial charge in [0, 0.05) is 11.9 Å². The van der Waals surface area contributed by atoms with E-state index >= 15 is 0 Å². The number of hydrogen-bond donors (Lipinski definition) is 2. The maximum absolute atomic E-state index is 12.7. The lowest BCUT2D eigenvalue weighted by atomic mass is 10.3. The number of rotatable bonds is 5. The first-order valence-corrected chi connectivity index (χ1v) is 8.38. The van der Waals surface area contributed by atoms with Crippen molar-refractivity contribution in [1.82, 2.24) is 14.5 Å². The average molecular weight is 329 g/mol. The molecule has 0 amide bonds. The van der Waals surface area contributed by atoms with E-state index in [-0.39, 0.29) is 10.6 Å². The fourth-order valence-electron chi connectivity index (χ4n) is 1.94. The Hall–Kier alpha value is -1.71. The molecule has 7 nitrogen and oxygen atoms in total. The summed E-state index contributed by atoms with van der Waals surface area (Å²) in [5.41, 5.74) is -0.282. The topological polar surface area (TPSA) is 103 Å². The van der Waals surface area contributed by atoms with Gasteiger partial charge in [-0.2, -0.15) is 9.40 Å². The van der Waals surface area contributed by atoms with E-state index in [2.05, 4.69) is 10.2 Å². The minimum atomic E-state index is -3.96. The minimum Gasteiger partial charge on any atom is -0.476 e. The molecule has 0 bridgehead atoms. The molecule has 0 saturated heterocycles. The van der Waals surface area contributed by atoms with Crippen LogP contribution in [0.3, 0.4) is 0 Å². The summed E-state index contributed by atoms with van der Waals surface area (Å²) in [6.45, 7) is 3.23. The number of aromatic carboxylic acids is 1. The molecule has 1 atom stereocenters. The summed E-state index contributed by atoms with van der Waals surface area (Å²) in [5.74, 6) is -1.38. The van der Waals surface area contributed by atoms with E-state index in [0.29, 0.717) is 0 Å². The third-order valence-corrected chi connectivity index (χ3v) is 6.36. The second kappa shape index (κ2) is 5.58. The van der Waals surface area contributed by atoms with Gasteiger partial charge in [-0.05, 0) is 25.3 Å². The molecule has 1 unspecified atom stereocenters. The van der Waals surface area contributed by atoms with Crippen LogP contribution in [0.2, 0.25) is 0 Å². The van der Waals surface area contributed by atoms with Crippen molar-refractivity contribution >= 4 is 27.3 Å². The molecule has 0 aromatic carbocycles. The Labute approximate surface area is 126 Å². The predicted octanol–water partition coefficient (Wildman–Crippen LogP) is 1.86. The van der Waals surface area contributed by atoms with Gasteiger partial charge in [0.05, 0.1) is 11.7 Å². The number of thiophene rings is 1. The summed E-state index contributed by atoms with van der Waals surface area (Å²) >= 11 is 1.44. The van der Waals surface area contributed by atoms with E-state index in [9.17, 15) is 13.2 Å². The molecule has 0 aliphatic carbocycles. The van der Waals surface area contributed by atoms with Gasteiger partial charge < -0.3 is 5.11 Å². The van der Waals surface area contributed by atoms with E-state index < -0.39 is 27.7 Å². The average Bonchev–Trinajstić information content (AvgIpc) is 3.05. The second-order valence-electron chi connectivity index (χ2n) is 4.54. The van der Waals surface area contributed by atoms with Gasteiger partial charge in [0.25, 0.3) is 0 Å². The number of H-pyrrole nitrogens is 1. The third-order valence-electron chi connectivity index (χ3n) is 3.23. The Bertz CT molecular complexity index is 750. The van der Waals surface area contributed by atoms with Gasteiger partial charge in [-0.1, -0.05) is 6.07 Å². The van der Waals surface area contributed by atoms with Crippen molar-refractivity contribution in [2.45, 2.75) is 24.8 Å². The molecule has 2 heterocycles. The SMILES string of the molecule is Cc1[nH]nc(C(=O)O)c1S(=O)(=O)N(C)C(C)c1cccs1. The maximum Gasteiger partial charge on any atom is 0.357 e. The Kier molecular flexibility index (Phi) is 4.17. The van der Waals surface area contributed by atoms with Gasteiger partial charge in [0.1, 0.15) is 4.90 Å². The smallest absolute Gasteiger partial charge is 0.357 e. The van der Waals surface area contributed by atoms with Crippen LogP contribution in [0.15, 0.2) is 22.4 Å². The lowest BCUT2D eigenvalue weighted by Crippen LogP contribution is -2.30. The fraction of sp³-hybridized carbons (Fsp3) is 0.333. The van der Waals surface area contributed by atoms with E-state index in [4.69, 9.17) is 5.11 Å². The zero-order chi connectivity index (χ0) is 15.8. The van der Waals surface area contributed by atoms with Crippen LogP contribution in [0, 0.1) is 6.92 Å². The molecule has 2 aromatic rings. The fourth-order valence-corrected chi connectivity index (χ4v) is 4.46. The molecule has 114 valence electrons. The van der Waals surface area contributed by atoms with Gasteiger partial charge in [0.2, 0.25) is 10.0 Å². The number of carboxylic acids is 1. The second-order valence-corrected chi connectivity index (χ2v) is 7.46. The van der Waals surface area contributed by atoms with Gasteiger partial charge in [0.15, 0.2) is 5.69 Å². The summed E-state index contributed by atoms with van der Waals surface area (Å²) in [5, 5.41) is 16.9. The van der Waals surface area contributed by atoms with E-state index in [1.54, 1.807) is 6.92 Å². The molecule has 0 radical (unpaired) electrons. The minimum absolute atomic E-state index is 0.206. The zero-order valence-corrected chi connectivity index (χ0v) is 13.3. The molecule has 0 fully saturated rings. The number of aromatic nitrogens is 2. The third kappa shape index (κ3) is 2.71. The molecule has 0 aliphatic heterocycles. The number of aromatic amines is 1. The molecule has 0 spiro atoms. The first-order chi connectivity index (χ1) is 9.76. The zero-order valence-electron chi connectivity index (χ0n) is 11.7. The van der Waals surface area contributed by atoms with Gasteiger partial charge in [-0.3, -0.25) is 5.10 Å². The Morgan fingerprint density at radius 2 is 2.19 bits per heavy atom. The van der Waals surface area contributed by atoms with Gasteiger partial charge in [-0.15, -0.1) is 11.3 Å². The summed E-state index contributed by atoms with van der Waals surface area (Å²) < 4.78 is 26.5. The van der Waals surface area contributed by atoms with E-state index in [1.807, 2.05) is 17.5 Å². The predicted molar refractivity (Wildman–Crippen MR) is 78.0 cm³/mol. The van der Waals surface area contributed by atoms with Crippen LogP contribution in [-0.2, 0) is 10.0 Å². The highest BCUT2D eigenvalue weighted by molar-refractivity contribution is 7.89. The normalized spacial score (nSPS) is 13.5. The van der Waals surface area contributed by atoms with Crippen molar-refractivity contribution in [2.24, 2.45) is 0 Å². The van der Waals surface area contributed by atoms with Crippen LogP contribution < -0.4 is 0 Å². The number of carbonyl (C=O) groups is 1. The summed E-state index contributed by atoms with van der Waals surface area (Å²) in [6, 6.07) is 3.27. The number of nitrogens with one attached hydrogen (secondary N) is 1. The highest BCUT2D eigenvalue weighted by atomic mass is 32.2. The molecule has 9 heteroatoms. The molecular formula is C12H15N3O4S2. The molecule has 0 saturated carbocycles. The molecule has 2 N–H and O–H groups in total. The molecule has 0 aliphatic rings. The molecule has 2 aromatic heterocycles. The Morgan fingerprint density at radius 3 is 2.71 bits per heavy atom. The number of carboxylic acid groups (broad SMARTS) is 1. The monoisotopic (exact) mass is 329 g/mol. The van der Waals surface area contributed by atoms with Crippen LogP contribution in [0.4, 0.5) is 0 Å². The van der Waals surface area contributed by atoms with E-state index in [1.165, 1.54) is 25.3 Å². The molecule has 2 rings (SSSR count). The van der Waals surface area contributed by atoms with Gasteiger partial charge >= 0.3 is 5.97 Å². The summed E-state index contributed by atoms with van der Waals surface area (Å²) in [7, 11) is -2.53. The first kappa shape index (κ1) is 15.7. The van der Waals surface area contributed by atoms with Crippen molar-refractivity contribution < 1.29 is 18.3 Å². The van der Waals surface area contributed by atoms with Crippen LogP contribution in [0.5, 0.6) is 0 Å². The number of aryl methyl sites for hydroxylation is 1. The van der Waals surface area contributed by atoms with Crippen molar-refractivity contribution in [1.29, 1.82) is 0 Å². The molecular weight excluding hydrogens is 314 g/mol. The number of sulfonamides is 1. The number of hydrogen-bond acceptors (Lipinski definition) is 5. The lowest BCUT2D eigenvalue weighted by Gasteiger charge is -2.23. The summed E-state index contributed by atoms with van der Waals surface area (Å²) in [6.07, 6.45) is 0. The lowest BCUT2D eigenvalue weighted by molar-refractivity contribution is 0.0686. The van der Waals surface area contributed by atoms with Crippen molar-refractivity contribution in [3.8, 4) is 0 Å². The van der Waals surface area contributed by atoms with Crippen LogP contribution in [0.25, 0.3) is 0 Å². The van der Waals surface area contributed by atoms with Crippen LogP contribution in [-0.4, -0.2) is 41.0 Å².